The molecule has 2 aromatic rings. The Bertz CT molecular complexity index is 635. The van der Waals surface area contributed by atoms with E-state index in [4.69, 9.17) is 5.26 Å². The van der Waals surface area contributed by atoms with Gasteiger partial charge in [0.15, 0.2) is 0 Å². The quantitative estimate of drug-likeness (QED) is 0.928. The Morgan fingerprint density at radius 2 is 2.15 bits per heavy atom. The Kier molecular flexibility index (Phi) is 3.91. The van der Waals surface area contributed by atoms with Crippen LogP contribution in [0, 0.1) is 11.3 Å². The van der Waals surface area contributed by atoms with Crippen LogP contribution in [0.5, 0.6) is 0 Å². The lowest BCUT2D eigenvalue weighted by molar-refractivity contribution is 0.0563. The van der Waals surface area contributed by atoms with Crippen molar-refractivity contribution in [3.63, 3.8) is 0 Å². The largest absolute Gasteiger partial charge is 0.385 e. The van der Waals surface area contributed by atoms with Gasteiger partial charge >= 0.3 is 0 Å². The second kappa shape index (κ2) is 5.48. The monoisotopic (exact) mass is 269 g/mol. The molecular formula is C16H19N3O. The molecule has 104 valence electrons. The molecule has 2 rings (SSSR count). The van der Waals surface area contributed by atoms with Gasteiger partial charge in [0.05, 0.1) is 22.9 Å². The van der Waals surface area contributed by atoms with Gasteiger partial charge in [0.2, 0.25) is 0 Å². The molecule has 0 saturated carbocycles. The highest BCUT2D eigenvalue weighted by molar-refractivity contribution is 5.35. The molecule has 0 aliphatic heterocycles. The SMILES string of the molecule is CC(C)n1ccc(CC(C)(O)c2cccc(C#N)c2)n1. The van der Waals surface area contributed by atoms with E-state index in [-0.39, 0.29) is 0 Å². The van der Waals surface area contributed by atoms with Crippen LogP contribution in [0.3, 0.4) is 0 Å². The predicted molar refractivity (Wildman–Crippen MR) is 77.0 cm³/mol. The summed E-state index contributed by atoms with van der Waals surface area (Å²) in [5.41, 5.74) is 1.08. The zero-order valence-electron chi connectivity index (χ0n) is 12.0. The summed E-state index contributed by atoms with van der Waals surface area (Å²) in [4.78, 5) is 0. The van der Waals surface area contributed by atoms with E-state index in [0.29, 0.717) is 18.0 Å². The first-order chi connectivity index (χ1) is 9.42. The summed E-state index contributed by atoms with van der Waals surface area (Å²) in [7, 11) is 0. The Morgan fingerprint density at radius 1 is 1.40 bits per heavy atom. The van der Waals surface area contributed by atoms with Crippen molar-refractivity contribution >= 4 is 0 Å². The van der Waals surface area contributed by atoms with Crippen LogP contribution in [0.25, 0.3) is 0 Å². The van der Waals surface area contributed by atoms with Crippen molar-refractivity contribution in [3.05, 3.63) is 53.3 Å². The Morgan fingerprint density at radius 3 is 2.75 bits per heavy atom. The van der Waals surface area contributed by atoms with Gasteiger partial charge in [-0.25, -0.2) is 0 Å². The summed E-state index contributed by atoms with van der Waals surface area (Å²) in [5.74, 6) is 0. The summed E-state index contributed by atoms with van der Waals surface area (Å²) in [6.45, 7) is 5.87. The molecule has 0 fully saturated rings. The van der Waals surface area contributed by atoms with Crippen LogP contribution in [0.1, 0.15) is 43.6 Å². The summed E-state index contributed by atoms with van der Waals surface area (Å²) in [6, 6.07) is 11.4. The van der Waals surface area contributed by atoms with Gasteiger partial charge in [-0.2, -0.15) is 10.4 Å². The van der Waals surface area contributed by atoms with E-state index in [9.17, 15) is 5.11 Å². The maximum atomic E-state index is 10.6. The molecule has 0 spiro atoms. The van der Waals surface area contributed by atoms with Crippen LogP contribution in [-0.2, 0) is 12.0 Å². The maximum absolute atomic E-state index is 10.6. The molecule has 0 bridgehead atoms. The van der Waals surface area contributed by atoms with Gasteiger partial charge < -0.3 is 5.11 Å². The van der Waals surface area contributed by atoms with Crippen molar-refractivity contribution in [3.8, 4) is 6.07 Å². The summed E-state index contributed by atoms with van der Waals surface area (Å²) >= 11 is 0. The average molecular weight is 269 g/mol. The van der Waals surface area contributed by atoms with Crippen LogP contribution >= 0.6 is 0 Å². The van der Waals surface area contributed by atoms with Crippen molar-refractivity contribution in [2.45, 2.75) is 38.8 Å². The first kappa shape index (κ1) is 14.3. The third-order valence-corrected chi connectivity index (χ3v) is 3.33. The molecule has 1 atom stereocenters. The van der Waals surface area contributed by atoms with Crippen LogP contribution in [0.15, 0.2) is 36.5 Å². The maximum Gasteiger partial charge on any atom is 0.0991 e. The normalized spacial score (nSPS) is 14.0. The molecule has 0 saturated heterocycles. The zero-order valence-corrected chi connectivity index (χ0v) is 12.0. The van der Waals surface area contributed by atoms with E-state index in [1.54, 1.807) is 25.1 Å². The van der Waals surface area contributed by atoms with Crippen LogP contribution < -0.4 is 0 Å². The summed E-state index contributed by atoms with van der Waals surface area (Å²) in [5, 5.41) is 24.0. The number of hydrogen-bond acceptors (Lipinski definition) is 3. The lowest BCUT2D eigenvalue weighted by atomic mass is 9.90. The number of nitriles is 1. The highest BCUT2D eigenvalue weighted by Crippen LogP contribution is 2.25. The van der Waals surface area contributed by atoms with E-state index in [2.05, 4.69) is 25.0 Å². The average Bonchev–Trinajstić information content (AvgIpc) is 2.87. The highest BCUT2D eigenvalue weighted by atomic mass is 16.3. The van der Waals surface area contributed by atoms with Gasteiger partial charge in [-0.05, 0) is 44.5 Å². The third kappa shape index (κ3) is 3.06. The molecule has 0 amide bonds. The number of hydrogen-bond donors (Lipinski definition) is 1. The van der Waals surface area contributed by atoms with E-state index in [1.807, 2.05) is 23.0 Å². The number of benzene rings is 1. The lowest BCUT2D eigenvalue weighted by Crippen LogP contribution is -2.24. The molecule has 20 heavy (non-hydrogen) atoms. The first-order valence-electron chi connectivity index (χ1n) is 6.69. The fourth-order valence-electron chi connectivity index (χ4n) is 2.14. The van der Waals surface area contributed by atoms with Crippen molar-refractivity contribution in [2.75, 3.05) is 0 Å². The van der Waals surface area contributed by atoms with Gasteiger partial charge in [-0.1, -0.05) is 12.1 Å². The fraction of sp³-hybridized carbons (Fsp3) is 0.375. The smallest absolute Gasteiger partial charge is 0.0991 e. The molecule has 0 radical (unpaired) electrons. The van der Waals surface area contributed by atoms with Crippen LogP contribution in [0.4, 0.5) is 0 Å². The number of aliphatic hydroxyl groups is 1. The molecule has 0 aliphatic carbocycles. The van der Waals surface area contributed by atoms with Crippen molar-refractivity contribution < 1.29 is 5.11 Å². The van der Waals surface area contributed by atoms with Gasteiger partial charge in [0, 0.05) is 18.7 Å². The van der Waals surface area contributed by atoms with E-state index < -0.39 is 5.60 Å². The topological polar surface area (TPSA) is 61.8 Å². The molecule has 4 nitrogen and oxygen atoms in total. The minimum absolute atomic E-state index is 0.301. The molecular weight excluding hydrogens is 250 g/mol. The van der Waals surface area contributed by atoms with Gasteiger partial charge in [0.25, 0.3) is 0 Å². The fourth-order valence-corrected chi connectivity index (χ4v) is 2.14. The minimum atomic E-state index is -1.04. The van der Waals surface area contributed by atoms with Crippen molar-refractivity contribution in [1.82, 2.24) is 9.78 Å². The molecule has 4 heteroatoms. The standard InChI is InChI=1S/C16H19N3O/c1-12(2)19-8-7-15(18-19)10-16(3,20)14-6-4-5-13(9-14)11-17/h4-9,12,20H,10H2,1-3H3. The molecule has 1 N–H and O–H groups in total. The van der Waals surface area contributed by atoms with E-state index in [0.717, 1.165) is 11.3 Å². The molecule has 1 aromatic heterocycles. The molecule has 1 heterocycles. The van der Waals surface area contributed by atoms with Gasteiger partial charge in [-0.15, -0.1) is 0 Å². The number of rotatable bonds is 4. The molecule has 1 aromatic carbocycles. The Balaban J connectivity index is 2.23. The van der Waals surface area contributed by atoms with Crippen molar-refractivity contribution in [2.24, 2.45) is 0 Å². The predicted octanol–water partition coefficient (Wildman–Crippen LogP) is 2.79. The highest BCUT2D eigenvalue weighted by Gasteiger charge is 2.25. The molecule has 0 aliphatic rings. The van der Waals surface area contributed by atoms with Crippen LogP contribution in [0.2, 0.25) is 0 Å². The van der Waals surface area contributed by atoms with E-state index in [1.165, 1.54) is 0 Å². The third-order valence-electron chi connectivity index (χ3n) is 3.33. The summed E-state index contributed by atoms with van der Waals surface area (Å²) < 4.78 is 1.87. The molecule has 1 unspecified atom stereocenters. The van der Waals surface area contributed by atoms with Gasteiger partial charge in [0.1, 0.15) is 0 Å². The van der Waals surface area contributed by atoms with Crippen molar-refractivity contribution in [1.29, 1.82) is 5.26 Å². The number of nitrogens with zero attached hydrogens (tertiary/aromatic N) is 3. The minimum Gasteiger partial charge on any atom is -0.385 e. The Hall–Kier alpha value is -2.12. The Labute approximate surface area is 119 Å². The first-order valence-corrected chi connectivity index (χ1v) is 6.69. The summed E-state index contributed by atoms with van der Waals surface area (Å²) in [6.07, 6.45) is 2.34. The van der Waals surface area contributed by atoms with Gasteiger partial charge in [-0.3, -0.25) is 4.68 Å². The second-order valence-electron chi connectivity index (χ2n) is 5.52. The zero-order chi connectivity index (χ0) is 14.8. The lowest BCUT2D eigenvalue weighted by Gasteiger charge is -2.23. The van der Waals surface area contributed by atoms with Crippen LogP contribution in [-0.4, -0.2) is 14.9 Å². The number of aromatic nitrogens is 2. The van der Waals surface area contributed by atoms with E-state index >= 15 is 0 Å². The second-order valence-corrected chi connectivity index (χ2v) is 5.52.